The Kier molecular flexibility index (Phi) is 7.51. The third-order valence-electron chi connectivity index (χ3n) is 4.61. The Morgan fingerprint density at radius 3 is 2.59 bits per heavy atom. The largest absolute Gasteiger partial charge is 0.493 e. The number of nitrogens with zero attached hydrogens (tertiary/aromatic N) is 1. The van der Waals surface area contributed by atoms with E-state index in [0.717, 1.165) is 5.56 Å². The molecule has 4 rings (SSSR count). The third-order valence-corrected chi connectivity index (χ3v) is 5.77. The summed E-state index contributed by atoms with van der Waals surface area (Å²) in [6.07, 6.45) is 1.73. The minimum Gasteiger partial charge on any atom is -0.493 e. The first-order valence-electron chi connectivity index (χ1n) is 10.2. The SMILES string of the molecule is COc1cc(/C=C2\SC(=Nc3ccc(Cl)cc3)NC2=O)ccc1OCC(=O)Nc1ccccc1. The van der Waals surface area contributed by atoms with Crippen LogP contribution in [0.4, 0.5) is 11.4 Å². The summed E-state index contributed by atoms with van der Waals surface area (Å²) >= 11 is 7.14. The molecule has 9 heteroatoms. The van der Waals surface area contributed by atoms with Gasteiger partial charge in [0.2, 0.25) is 0 Å². The van der Waals surface area contributed by atoms with Gasteiger partial charge in [0.05, 0.1) is 17.7 Å². The fraction of sp³-hybridized carbons (Fsp3) is 0.0800. The Morgan fingerprint density at radius 2 is 1.85 bits per heavy atom. The topological polar surface area (TPSA) is 89.0 Å². The van der Waals surface area contributed by atoms with Crippen molar-refractivity contribution < 1.29 is 19.1 Å². The van der Waals surface area contributed by atoms with Gasteiger partial charge in [-0.15, -0.1) is 0 Å². The monoisotopic (exact) mass is 493 g/mol. The molecule has 2 amide bonds. The lowest BCUT2D eigenvalue weighted by Gasteiger charge is -2.11. The fourth-order valence-corrected chi connectivity index (χ4v) is 3.99. The fourth-order valence-electron chi connectivity index (χ4n) is 3.02. The summed E-state index contributed by atoms with van der Waals surface area (Å²) in [5, 5.41) is 6.61. The summed E-state index contributed by atoms with van der Waals surface area (Å²) < 4.78 is 11.0. The zero-order valence-corrected chi connectivity index (χ0v) is 19.7. The number of hydrogen-bond donors (Lipinski definition) is 2. The maximum atomic E-state index is 12.4. The zero-order chi connectivity index (χ0) is 23.9. The van der Waals surface area contributed by atoms with E-state index < -0.39 is 0 Å². The first-order valence-corrected chi connectivity index (χ1v) is 11.4. The number of halogens is 1. The van der Waals surface area contributed by atoms with Crippen molar-refractivity contribution in [1.82, 2.24) is 5.32 Å². The Balaban J connectivity index is 1.42. The van der Waals surface area contributed by atoms with Gasteiger partial charge in [-0.25, -0.2) is 4.99 Å². The summed E-state index contributed by atoms with van der Waals surface area (Å²) in [5.74, 6) is 0.335. The molecule has 34 heavy (non-hydrogen) atoms. The van der Waals surface area contributed by atoms with Crippen LogP contribution in [-0.4, -0.2) is 30.7 Å². The molecule has 1 aliphatic rings. The molecule has 7 nitrogen and oxygen atoms in total. The number of ether oxygens (including phenoxy) is 2. The van der Waals surface area contributed by atoms with Crippen molar-refractivity contribution in [3.05, 3.63) is 88.3 Å². The molecule has 0 aromatic heterocycles. The van der Waals surface area contributed by atoms with Crippen molar-refractivity contribution >= 4 is 57.8 Å². The number of carbonyl (C=O) groups is 2. The molecular weight excluding hydrogens is 474 g/mol. The number of carbonyl (C=O) groups excluding carboxylic acids is 2. The standard InChI is InChI=1S/C25H20ClN3O4S/c1-32-21-13-16(7-12-20(21)33-15-23(30)27-18-5-3-2-4-6-18)14-22-24(31)29-25(34-22)28-19-10-8-17(26)9-11-19/h2-14H,15H2,1H3,(H,27,30)(H,28,29,31)/b22-14-. The number of amidine groups is 1. The summed E-state index contributed by atoms with van der Waals surface area (Å²) in [5.41, 5.74) is 2.12. The number of nitrogens with one attached hydrogen (secondary N) is 2. The Labute approximate surface area is 205 Å². The van der Waals surface area contributed by atoms with E-state index in [2.05, 4.69) is 15.6 Å². The molecule has 1 heterocycles. The normalized spacial score (nSPS) is 15.3. The smallest absolute Gasteiger partial charge is 0.264 e. The number of para-hydroxylation sites is 1. The summed E-state index contributed by atoms with van der Waals surface area (Å²) in [4.78, 5) is 29.4. The number of thioether (sulfide) groups is 1. The molecule has 3 aromatic rings. The lowest BCUT2D eigenvalue weighted by molar-refractivity contribution is -0.118. The quantitative estimate of drug-likeness (QED) is 0.438. The van der Waals surface area contributed by atoms with Gasteiger partial charge in [-0.3, -0.25) is 9.59 Å². The van der Waals surface area contributed by atoms with Crippen LogP contribution < -0.4 is 20.1 Å². The van der Waals surface area contributed by atoms with Gasteiger partial charge in [0.1, 0.15) is 0 Å². The molecule has 0 bridgehead atoms. The minimum absolute atomic E-state index is 0.172. The van der Waals surface area contributed by atoms with E-state index >= 15 is 0 Å². The average molecular weight is 494 g/mol. The summed E-state index contributed by atoms with van der Waals surface area (Å²) in [6, 6.07) is 21.4. The lowest BCUT2D eigenvalue weighted by Crippen LogP contribution is -2.20. The lowest BCUT2D eigenvalue weighted by atomic mass is 10.2. The number of benzene rings is 3. The van der Waals surface area contributed by atoms with Gasteiger partial charge < -0.3 is 20.1 Å². The highest BCUT2D eigenvalue weighted by Gasteiger charge is 2.24. The van der Waals surface area contributed by atoms with Crippen molar-refractivity contribution in [1.29, 1.82) is 0 Å². The number of aliphatic imine (C=N–C) groups is 1. The van der Waals surface area contributed by atoms with Crippen LogP contribution in [0.2, 0.25) is 5.02 Å². The molecule has 0 radical (unpaired) electrons. The van der Waals surface area contributed by atoms with Gasteiger partial charge in [-0.1, -0.05) is 35.9 Å². The maximum Gasteiger partial charge on any atom is 0.264 e. The summed E-state index contributed by atoms with van der Waals surface area (Å²) in [6.45, 7) is -0.172. The van der Waals surface area contributed by atoms with Crippen LogP contribution in [0.5, 0.6) is 11.5 Å². The average Bonchev–Trinajstić information content (AvgIpc) is 3.18. The minimum atomic E-state index is -0.286. The van der Waals surface area contributed by atoms with Gasteiger partial charge in [0, 0.05) is 10.7 Å². The maximum absolute atomic E-state index is 12.4. The Bertz CT molecular complexity index is 1260. The number of rotatable bonds is 7. The third kappa shape index (κ3) is 6.18. The molecule has 2 N–H and O–H groups in total. The molecule has 172 valence electrons. The van der Waals surface area contributed by atoms with Crippen LogP contribution in [0.25, 0.3) is 6.08 Å². The molecule has 0 saturated carbocycles. The van der Waals surface area contributed by atoms with Crippen molar-refractivity contribution in [2.75, 3.05) is 19.0 Å². The van der Waals surface area contributed by atoms with Gasteiger partial charge in [-0.05, 0) is 71.9 Å². The van der Waals surface area contributed by atoms with E-state index in [4.69, 9.17) is 21.1 Å². The predicted octanol–water partition coefficient (Wildman–Crippen LogP) is 5.26. The van der Waals surface area contributed by atoms with Gasteiger partial charge >= 0.3 is 0 Å². The second-order valence-corrected chi connectivity index (χ2v) is 8.54. The van der Waals surface area contributed by atoms with Gasteiger partial charge in [0.25, 0.3) is 11.8 Å². The molecule has 0 atom stereocenters. The van der Waals surface area contributed by atoms with Gasteiger partial charge in [-0.2, -0.15) is 0 Å². The van der Waals surface area contributed by atoms with Crippen LogP contribution in [-0.2, 0) is 9.59 Å². The molecule has 1 saturated heterocycles. The zero-order valence-electron chi connectivity index (χ0n) is 18.1. The molecule has 1 fully saturated rings. The van der Waals surface area contributed by atoms with E-state index in [9.17, 15) is 9.59 Å². The van der Waals surface area contributed by atoms with Crippen LogP contribution in [0.3, 0.4) is 0 Å². The number of anilines is 1. The number of methoxy groups -OCH3 is 1. The van der Waals surface area contributed by atoms with Crippen LogP contribution in [0.15, 0.2) is 82.7 Å². The van der Waals surface area contributed by atoms with Crippen LogP contribution in [0.1, 0.15) is 5.56 Å². The van der Waals surface area contributed by atoms with Crippen LogP contribution >= 0.6 is 23.4 Å². The highest BCUT2D eigenvalue weighted by Crippen LogP contribution is 2.32. The van der Waals surface area contributed by atoms with E-state index in [1.54, 1.807) is 60.7 Å². The molecule has 0 spiro atoms. The molecule has 3 aromatic carbocycles. The van der Waals surface area contributed by atoms with Gasteiger partial charge in [0.15, 0.2) is 23.3 Å². The first kappa shape index (κ1) is 23.4. The van der Waals surface area contributed by atoms with E-state index in [0.29, 0.717) is 38.0 Å². The van der Waals surface area contributed by atoms with Crippen molar-refractivity contribution in [2.24, 2.45) is 4.99 Å². The number of hydrogen-bond acceptors (Lipinski definition) is 6. The first-order chi connectivity index (χ1) is 16.5. The Hall–Kier alpha value is -3.75. The highest BCUT2D eigenvalue weighted by atomic mass is 35.5. The van der Waals surface area contributed by atoms with E-state index in [-0.39, 0.29) is 18.4 Å². The van der Waals surface area contributed by atoms with Crippen LogP contribution in [0, 0.1) is 0 Å². The van der Waals surface area contributed by atoms with E-state index in [1.807, 2.05) is 18.2 Å². The van der Waals surface area contributed by atoms with Crippen molar-refractivity contribution in [3.8, 4) is 11.5 Å². The second kappa shape index (κ2) is 10.9. The van der Waals surface area contributed by atoms with Crippen molar-refractivity contribution in [2.45, 2.75) is 0 Å². The molecular formula is C25H20ClN3O4S. The molecule has 0 unspecified atom stereocenters. The Morgan fingerprint density at radius 1 is 1.09 bits per heavy atom. The van der Waals surface area contributed by atoms with Crippen molar-refractivity contribution in [3.63, 3.8) is 0 Å². The molecule has 0 aliphatic carbocycles. The number of amides is 2. The molecule has 1 aliphatic heterocycles. The highest BCUT2D eigenvalue weighted by molar-refractivity contribution is 8.18. The summed E-state index contributed by atoms with van der Waals surface area (Å²) in [7, 11) is 1.51. The second-order valence-electron chi connectivity index (χ2n) is 7.07. The van der Waals surface area contributed by atoms with E-state index in [1.165, 1.54) is 18.9 Å². The predicted molar refractivity (Wildman–Crippen MR) is 136 cm³/mol.